The molecule has 2 unspecified atom stereocenters. The molecule has 128 valence electrons. The number of aliphatic hydroxyl groups is 1. The summed E-state index contributed by atoms with van der Waals surface area (Å²) in [5.41, 5.74) is 1.52. The molecule has 1 rings (SSSR count). The lowest BCUT2D eigenvalue weighted by Crippen LogP contribution is -2.29. The number of benzene rings is 1. The normalized spacial score (nSPS) is 14.9. The third-order valence-corrected chi connectivity index (χ3v) is 3.68. The fraction of sp³-hybridized carbons (Fsp3) is 0.600. The molecule has 3 heteroatoms. The SMILES string of the molecule is CC#CC(C)(CCC(C)OC(C)C)OCc1ccc(CO)cc1. The first-order valence-corrected chi connectivity index (χ1v) is 8.30. The Kier molecular flexibility index (Phi) is 8.33. The van der Waals surface area contributed by atoms with Crippen LogP contribution in [-0.2, 0) is 22.7 Å². The van der Waals surface area contributed by atoms with E-state index in [1.807, 2.05) is 52.0 Å². The maximum atomic E-state index is 9.08. The smallest absolute Gasteiger partial charge is 0.126 e. The van der Waals surface area contributed by atoms with E-state index in [1.54, 1.807) is 0 Å². The average molecular weight is 318 g/mol. The van der Waals surface area contributed by atoms with E-state index >= 15 is 0 Å². The first kappa shape index (κ1) is 19.7. The number of rotatable bonds is 9. The molecule has 0 bridgehead atoms. The Bertz CT molecular complexity index is 510. The van der Waals surface area contributed by atoms with Gasteiger partial charge in [-0.05, 0) is 58.6 Å². The molecule has 0 aromatic heterocycles. The fourth-order valence-electron chi connectivity index (χ4n) is 2.43. The third-order valence-electron chi connectivity index (χ3n) is 3.68. The Hall–Kier alpha value is -1.34. The van der Waals surface area contributed by atoms with Crippen LogP contribution in [-0.4, -0.2) is 22.9 Å². The molecule has 0 aliphatic carbocycles. The van der Waals surface area contributed by atoms with Crippen LogP contribution < -0.4 is 0 Å². The van der Waals surface area contributed by atoms with E-state index in [0.29, 0.717) is 6.61 Å². The summed E-state index contributed by atoms with van der Waals surface area (Å²) in [6.45, 7) is 10.6. The van der Waals surface area contributed by atoms with E-state index in [0.717, 1.165) is 24.0 Å². The summed E-state index contributed by atoms with van der Waals surface area (Å²) in [4.78, 5) is 0. The summed E-state index contributed by atoms with van der Waals surface area (Å²) in [5.74, 6) is 6.17. The van der Waals surface area contributed by atoms with Crippen LogP contribution in [0.4, 0.5) is 0 Å². The summed E-state index contributed by atoms with van der Waals surface area (Å²) in [5, 5.41) is 9.08. The van der Waals surface area contributed by atoms with E-state index in [-0.39, 0.29) is 18.8 Å². The van der Waals surface area contributed by atoms with Crippen molar-refractivity contribution >= 4 is 0 Å². The number of hydrogen-bond acceptors (Lipinski definition) is 3. The van der Waals surface area contributed by atoms with Crippen LogP contribution in [0.1, 0.15) is 58.6 Å². The summed E-state index contributed by atoms with van der Waals surface area (Å²) in [6.07, 6.45) is 2.17. The van der Waals surface area contributed by atoms with Gasteiger partial charge in [0.05, 0.1) is 25.4 Å². The number of aliphatic hydroxyl groups excluding tert-OH is 1. The van der Waals surface area contributed by atoms with Crippen molar-refractivity contribution in [1.82, 2.24) is 0 Å². The fourth-order valence-corrected chi connectivity index (χ4v) is 2.43. The minimum Gasteiger partial charge on any atom is -0.392 e. The number of hydrogen-bond donors (Lipinski definition) is 1. The second kappa shape index (κ2) is 9.72. The molecule has 0 saturated carbocycles. The molecule has 0 spiro atoms. The Morgan fingerprint density at radius 3 is 2.26 bits per heavy atom. The van der Waals surface area contributed by atoms with E-state index < -0.39 is 5.60 Å². The molecule has 0 amide bonds. The molecule has 0 heterocycles. The predicted octanol–water partition coefficient (Wildman–Crippen LogP) is 4.07. The van der Waals surface area contributed by atoms with Crippen molar-refractivity contribution < 1.29 is 14.6 Å². The molecule has 1 N–H and O–H groups in total. The van der Waals surface area contributed by atoms with Gasteiger partial charge in [0.2, 0.25) is 0 Å². The molecule has 0 fully saturated rings. The lowest BCUT2D eigenvalue weighted by atomic mass is 9.98. The highest BCUT2D eigenvalue weighted by atomic mass is 16.5. The molecule has 0 radical (unpaired) electrons. The van der Waals surface area contributed by atoms with Crippen molar-refractivity contribution in [3.05, 3.63) is 35.4 Å². The Morgan fingerprint density at radius 1 is 1.13 bits per heavy atom. The lowest BCUT2D eigenvalue weighted by Gasteiger charge is -2.26. The second-order valence-corrected chi connectivity index (χ2v) is 6.40. The van der Waals surface area contributed by atoms with Gasteiger partial charge in [-0.1, -0.05) is 30.2 Å². The minimum absolute atomic E-state index is 0.0634. The van der Waals surface area contributed by atoms with Crippen molar-refractivity contribution in [2.75, 3.05) is 0 Å². The Labute approximate surface area is 141 Å². The van der Waals surface area contributed by atoms with Crippen LogP contribution >= 0.6 is 0 Å². The van der Waals surface area contributed by atoms with Gasteiger partial charge in [0.15, 0.2) is 0 Å². The largest absolute Gasteiger partial charge is 0.392 e. The molecule has 0 aliphatic rings. The van der Waals surface area contributed by atoms with Crippen LogP contribution in [0.25, 0.3) is 0 Å². The monoisotopic (exact) mass is 318 g/mol. The quantitative estimate of drug-likeness (QED) is 0.698. The third kappa shape index (κ3) is 7.65. The molecule has 1 aromatic rings. The van der Waals surface area contributed by atoms with E-state index in [2.05, 4.69) is 18.8 Å². The van der Waals surface area contributed by atoms with Crippen molar-refractivity contribution in [3.8, 4) is 11.8 Å². The molecule has 0 aliphatic heterocycles. The van der Waals surface area contributed by atoms with Crippen LogP contribution in [0, 0.1) is 11.8 Å². The van der Waals surface area contributed by atoms with Crippen molar-refractivity contribution in [2.45, 2.75) is 78.5 Å². The van der Waals surface area contributed by atoms with Crippen LogP contribution in [0.15, 0.2) is 24.3 Å². The van der Waals surface area contributed by atoms with Crippen molar-refractivity contribution in [3.63, 3.8) is 0 Å². The van der Waals surface area contributed by atoms with Crippen molar-refractivity contribution in [2.24, 2.45) is 0 Å². The second-order valence-electron chi connectivity index (χ2n) is 6.40. The lowest BCUT2D eigenvalue weighted by molar-refractivity contribution is -0.0310. The highest BCUT2D eigenvalue weighted by Gasteiger charge is 2.23. The van der Waals surface area contributed by atoms with Crippen LogP contribution in [0.3, 0.4) is 0 Å². The van der Waals surface area contributed by atoms with Gasteiger partial charge in [0.1, 0.15) is 5.60 Å². The zero-order chi connectivity index (χ0) is 17.3. The molecule has 3 nitrogen and oxygen atoms in total. The maximum Gasteiger partial charge on any atom is 0.126 e. The standard InChI is InChI=1S/C20H30O3/c1-6-12-20(5,13-11-17(4)23-16(2)3)22-15-19-9-7-18(14-21)8-10-19/h7-10,16-17,21H,11,13-15H2,1-5H3. The summed E-state index contributed by atoms with van der Waals surface area (Å²) >= 11 is 0. The first-order chi connectivity index (χ1) is 10.9. The zero-order valence-electron chi connectivity index (χ0n) is 15.1. The van der Waals surface area contributed by atoms with Gasteiger partial charge in [-0.25, -0.2) is 0 Å². The molecule has 1 aromatic carbocycles. The molecule has 2 atom stereocenters. The summed E-state index contributed by atoms with van der Waals surface area (Å²) < 4.78 is 11.9. The van der Waals surface area contributed by atoms with Gasteiger partial charge in [-0.15, -0.1) is 5.92 Å². The summed E-state index contributed by atoms with van der Waals surface area (Å²) in [7, 11) is 0. The van der Waals surface area contributed by atoms with Gasteiger partial charge >= 0.3 is 0 Å². The highest BCUT2D eigenvalue weighted by Crippen LogP contribution is 2.21. The van der Waals surface area contributed by atoms with Gasteiger partial charge in [-0.2, -0.15) is 0 Å². The van der Waals surface area contributed by atoms with Gasteiger partial charge < -0.3 is 14.6 Å². The average Bonchev–Trinajstić information content (AvgIpc) is 2.51. The van der Waals surface area contributed by atoms with E-state index in [9.17, 15) is 0 Å². The molecular formula is C20H30O3. The van der Waals surface area contributed by atoms with Crippen LogP contribution in [0.2, 0.25) is 0 Å². The Balaban J connectivity index is 2.59. The van der Waals surface area contributed by atoms with Crippen molar-refractivity contribution in [1.29, 1.82) is 0 Å². The maximum absolute atomic E-state index is 9.08. The van der Waals surface area contributed by atoms with Gasteiger partial charge in [-0.3, -0.25) is 0 Å². The predicted molar refractivity (Wildman–Crippen MR) is 93.9 cm³/mol. The van der Waals surface area contributed by atoms with Gasteiger partial charge in [0.25, 0.3) is 0 Å². The Morgan fingerprint density at radius 2 is 1.74 bits per heavy atom. The van der Waals surface area contributed by atoms with E-state index in [1.165, 1.54) is 0 Å². The molecule has 0 saturated heterocycles. The molecular weight excluding hydrogens is 288 g/mol. The minimum atomic E-state index is -0.473. The van der Waals surface area contributed by atoms with Crippen LogP contribution in [0.5, 0.6) is 0 Å². The first-order valence-electron chi connectivity index (χ1n) is 8.30. The summed E-state index contributed by atoms with van der Waals surface area (Å²) in [6, 6.07) is 7.80. The topological polar surface area (TPSA) is 38.7 Å². The van der Waals surface area contributed by atoms with E-state index in [4.69, 9.17) is 14.6 Å². The zero-order valence-corrected chi connectivity index (χ0v) is 15.1. The highest BCUT2D eigenvalue weighted by molar-refractivity contribution is 5.21. The number of ether oxygens (including phenoxy) is 2. The molecule has 23 heavy (non-hydrogen) atoms. The van der Waals surface area contributed by atoms with Gasteiger partial charge in [0, 0.05) is 0 Å².